The molecule has 0 spiro atoms. The molecule has 120 valence electrons. The van der Waals surface area contributed by atoms with E-state index in [1.165, 1.54) is 11.8 Å². The zero-order chi connectivity index (χ0) is 16.7. The molecule has 0 radical (unpaired) electrons. The van der Waals surface area contributed by atoms with Gasteiger partial charge in [0.05, 0.1) is 0 Å². The molecule has 6 N–H and O–H groups in total. The maximum Gasteiger partial charge on any atom is 0.251 e. The number of hydrogen-bond acceptors (Lipinski definition) is 5. The summed E-state index contributed by atoms with van der Waals surface area (Å²) in [7, 11) is 0. The van der Waals surface area contributed by atoms with Crippen LogP contribution in [0.2, 0.25) is 0 Å². The van der Waals surface area contributed by atoms with Crippen molar-refractivity contribution in [2.45, 2.75) is 10.5 Å². The normalized spacial score (nSPS) is 13.0. The van der Waals surface area contributed by atoms with Gasteiger partial charge in [-0.1, -0.05) is 60.7 Å². The molecule has 2 atom stereocenters. The molecule has 2 rings (SSSR count). The smallest absolute Gasteiger partial charge is 0.251 e. The van der Waals surface area contributed by atoms with Gasteiger partial charge in [-0.15, -0.1) is 11.8 Å². The van der Waals surface area contributed by atoms with Crippen LogP contribution in [0.1, 0.15) is 21.6 Å². The molecule has 0 aromatic heterocycles. The number of carbonyl (C=O) groups excluding carboxylic acids is 2. The van der Waals surface area contributed by atoms with E-state index in [2.05, 4.69) is 10.9 Å². The fraction of sp³-hybridized carbons (Fsp3) is 0.125. The van der Waals surface area contributed by atoms with Crippen molar-refractivity contribution in [1.82, 2.24) is 10.9 Å². The molecule has 2 amide bonds. The van der Waals surface area contributed by atoms with Gasteiger partial charge in [0.15, 0.2) is 0 Å². The molecule has 0 saturated heterocycles. The summed E-state index contributed by atoms with van der Waals surface area (Å²) in [5, 5.41) is -1.27. The van der Waals surface area contributed by atoms with Gasteiger partial charge in [-0.3, -0.25) is 20.4 Å². The standard InChI is InChI=1S/C16H18N4O2S/c17-19-15(21)13(11-7-3-1-4-8-11)23-14(16(22)20-18)12-9-5-2-6-10-12/h1-10,13-14H,17-18H2,(H,19,21)(H,20,22). The van der Waals surface area contributed by atoms with Gasteiger partial charge in [0.2, 0.25) is 0 Å². The van der Waals surface area contributed by atoms with Crippen LogP contribution in [0.15, 0.2) is 60.7 Å². The Labute approximate surface area is 138 Å². The van der Waals surface area contributed by atoms with Crippen molar-refractivity contribution in [3.8, 4) is 0 Å². The molecule has 7 heteroatoms. The summed E-state index contributed by atoms with van der Waals surface area (Å²) < 4.78 is 0. The van der Waals surface area contributed by atoms with Crippen molar-refractivity contribution in [1.29, 1.82) is 0 Å². The highest BCUT2D eigenvalue weighted by Crippen LogP contribution is 2.40. The first-order chi connectivity index (χ1) is 11.2. The molecule has 0 aliphatic heterocycles. The summed E-state index contributed by atoms with van der Waals surface area (Å²) in [6.07, 6.45) is 0. The second kappa shape index (κ2) is 8.33. The molecule has 23 heavy (non-hydrogen) atoms. The highest BCUT2D eigenvalue weighted by Gasteiger charge is 2.29. The lowest BCUT2D eigenvalue weighted by atomic mass is 10.1. The van der Waals surface area contributed by atoms with E-state index in [-0.39, 0.29) is 11.8 Å². The van der Waals surface area contributed by atoms with Crippen LogP contribution in [-0.4, -0.2) is 11.8 Å². The van der Waals surface area contributed by atoms with Gasteiger partial charge in [0.25, 0.3) is 11.8 Å². The van der Waals surface area contributed by atoms with Crippen molar-refractivity contribution in [2.24, 2.45) is 11.7 Å². The molecular formula is C16H18N4O2S. The number of nitrogens with two attached hydrogens (primary N) is 2. The molecule has 0 fully saturated rings. The minimum atomic E-state index is -0.635. The van der Waals surface area contributed by atoms with E-state index in [0.717, 1.165) is 11.1 Å². The van der Waals surface area contributed by atoms with Crippen LogP contribution in [0.5, 0.6) is 0 Å². The second-order valence-corrected chi connectivity index (χ2v) is 5.95. The Morgan fingerprint density at radius 1 is 0.739 bits per heavy atom. The van der Waals surface area contributed by atoms with E-state index in [1.54, 1.807) is 0 Å². The van der Waals surface area contributed by atoms with Gasteiger partial charge in [0.1, 0.15) is 10.5 Å². The Morgan fingerprint density at radius 3 is 1.39 bits per heavy atom. The Balaban J connectivity index is 2.34. The summed E-state index contributed by atoms with van der Waals surface area (Å²) in [6, 6.07) is 18.3. The third-order valence-electron chi connectivity index (χ3n) is 3.24. The molecule has 0 saturated carbocycles. The van der Waals surface area contributed by atoms with E-state index in [4.69, 9.17) is 11.7 Å². The molecule has 2 aromatic rings. The predicted molar refractivity (Wildman–Crippen MR) is 90.6 cm³/mol. The minimum Gasteiger partial charge on any atom is -0.293 e. The average molecular weight is 330 g/mol. The van der Waals surface area contributed by atoms with Crippen molar-refractivity contribution in [3.05, 3.63) is 71.8 Å². The summed E-state index contributed by atoms with van der Waals surface area (Å²) in [6.45, 7) is 0. The van der Waals surface area contributed by atoms with E-state index < -0.39 is 10.5 Å². The highest BCUT2D eigenvalue weighted by molar-refractivity contribution is 8.01. The number of nitrogens with one attached hydrogen (secondary N) is 2. The van der Waals surface area contributed by atoms with Crippen molar-refractivity contribution in [3.63, 3.8) is 0 Å². The van der Waals surface area contributed by atoms with E-state index in [0.29, 0.717) is 0 Å². The molecule has 0 aliphatic carbocycles. The maximum atomic E-state index is 12.2. The van der Waals surface area contributed by atoms with Crippen molar-refractivity contribution < 1.29 is 9.59 Å². The van der Waals surface area contributed by atoms with Crippen LogP contribution < -0.4 is 22.5 Å². The van der Waals surface area contributed by atoms with Crippen LogP contribution in [-0.2, 0) is 9.59 Å². The summed E-state index contributed by atoms with van der Waals surface area (Å²) >= 11 is 1.18. The van der Waals surface area contributed by atoms with Crippen LogP contribution >= 0.6 is 11.8 Å². The van der Waals surface area contributed by atoms with Gasteiger partial charge in [0, 0.05) is 0 Å². The molecule has 2 aromatic carbocycles. The topological polar surface area (TPSA) is 110 Å². The first kappa shape index (κ1) is 17.0. The maximum absolute atomic E-state index is 12.2. The van der Waals surface area contributed by atoms with Crippen molar-refractivity contribution >= 4 is 23.6 Å². The highest BCUT2D eigenvalue weighted by atomic mass is 32.2. The molecule has 6 nitrogen and oxygen atoms in total. The molecule has 2 unspecified atom stereocenters. The summed E-state index contributed by atoms with van der Waals surface area (Å²) in [5.74, 6) is 9.83. The summed E-state index contributed by atoms with van der Waals surface area (Å²) in [5.41, 5.74) is 5.82. The van der Waals surface area contributed by atoms with E-state index in [1.807, 2.05) is 60.7 Å². The number of carbonyl (C=O) groups is 2. The number of thioether (sulfide) groups is 1. The average Bonchev–Trinajstić information content (AvgIpc) is 2.63. The Morgan fingerprint density at radius 2 is 1.09 bits per heavy atom. The fourth-order valence-corrected chi connectivity index (χ4v) is 3.41. The number of rotatable bonds is 6. The van der Waals surface area contributed by atoms with Crippen LogP contribution in [0.25, 0.3) is 0 Å². The first-order valence-corrected chi connectivity index (χ1v) is 7.88. The lowest BCUT2D eigenvalue weighted by Crippen LogP contribution is -2.37. The molecule has 0 bridgehead atoms. The fourth-order valence-electron chi connectivity index (χ4n) is 2.13. The Hall–Kier alpha value is -2.35. The number of amides is 2. The minimum absolute atomic E-state index is 0.382. The third-order valence-corrected chi connectivity index (χ3v) is 4.75. The predicted octanol–water partition coefficient (Wildman–Crippen LogP) is 1.18. The third kappa shape index (κ3) is 4.32. The quantitative estimate of drug-likeness (QED) is 0.361. The van der Waals surface area contributed by atoms with Gasteiger partial charge < -0.3 is 0 Å². The monoisotopic (exact) mass is 330 g/mol. The SMILES string of the molecule is NNC(=O)C(SC(C(=O)NN)c1ccccc1)c1ccccc1. The van der Waals surface area contributed by atoms with E-state index >= 15 is 0 Å². The number of benzene rings is 2. The molecule has 0 aliphatic rings. The van der Waals surface area contributed by atoms with Crippen molar-refractivity contribution in [2.75, 3.05) is 0 Å². The van der Waals surface area contributed by atoms with E-state index in [9.17, 15) is 9.59 Å². The lowest BCUT2D eigenvalue weighted by molar-refractivity contribution is -0.120. The van der Waals surface area contributed by atoms with Gasteiger partial charge in [-0.05, 0) is 11.1 Å². The van der Waals surface area contributed by atoms with Gasteiger partial charge >= 0.3 is 0 Å². The van der Waals surface area contributed by atoms with Crippen LogP contribution in [0.3, 0.4) is 0 Å². The van der Waals surface area contributed by atoms with Crippen LogP contribution in [0.4, 0.5) is 0 Å². The van der Waals surface area contributed by atoms with Gasteiger partial charge in [-0.2, -0.15) is 0 Å². The Kier molecular flexibility index (Phi) is 6.16. The Bertz CT molecular complexity index is 594. The zero-order valence-electron chi connectivity index (χ0n) is 12.3. The number of hydrazine groups is 2. The van der Waals surface area contributed by atoms with Gasteiger partial charge in [-0.25, -0.2) is 11.7 Å². The lowest BCUT2D eigenvalue weighted by Gasteiger charge is -2.21. The molecule has 0 heterocycles. The zero-order valence-corrected chi connectivity index (χ0v) is 13.1. The second-order valence-electron chi connectivity index (χ2n) is 4.73. The molecular weight excluding hydrogens is 312 g/mol. The largest absolute Gasteiger partial charge is 0.293 e. The van der Waals surface area contributed by atoms with Crippen LogP contribution in [0, 0.1) is 0 Å². The number of hydrogen-bond donors (Lipinski definition) is 4. The summed E-state index contributed by atoms with van der Waals surface area (Å²) in [4.78, 5) is 24.3. The first-order valence-electron chi connectivity index (χ1n) is 6.93.